The number of nitrogens with one attached hydrogen (secondary N) is 2. The Balaban J connectivity index is 2.14. The van der Waals surface area contributed by atoms with E-state index in [-0.39, 0.29) is 5.41 Å². The van der Waals surface area contributed by atoms with Crippen LogP contribution in [0.3, 0.4) is 0 Å². The fourth-order valence-corrected chi connectivity index (χ4v) is 2.29. The molecule has 1 aliphatic heterocycles. The van der Waals surface area contributed by atoms with E-state index in [1.54, 1.807) is 0 Å². The second kappa shape index (κ2) is 4.69. The quantitative estimate of drug-likeness (QED) is 0.819. The molecule has 0 radical (unpaired) electrons. The Morgan fingerprint density at radius 3 is 2.59 bits per heavy atom. The topological polar surface area (TPSA) is 24.1 Å². The lowest BCUT2D eigenvalue weighted by Gasteiger charge is -2.22. The van der Waals surface area contributed by atoms with Crippen LogP contribution >= 0.6 is 0 Å². The van der Waals surface area contributed by atoms with Gasteiger partial charge in [-0.1, -0.05) is 32.9 Å². The number of anilines is 1. The summed E-state index contributed by atoms with van der Waals surface area (Å²) in [5, 5.41) is 7.01. The molecule has 2 nitrogen and oxygen atoms in total. The fourth-order valence-electron chi connectivity index (χ4n) is 2.29. The molecule has 1 aliphatic rings. The smallest absolute Gasteiger partial charge is 0.0398 e. The Morgan fingerprint density at radius 2 is 2.06 bits per heavy atom. The molecule has 1 heterocycles. The van der Waals surface area contributed by atoms with E-state index in [1.165, 1.54) is 23.2 Å². The van der Waals surface area contributed by atoms with Gasteiger partial charge in [0.2, 0.25) is 0 Å². The average molecular weight is 232 g/mol. The summed E-state index contributed by atoms with van der Waals surface area (Å²) in [6.45, 7) is 11.2. The van der Waals surface area contributed by atoms with Gasteiger partial charge in [0.25, 0.3) is 0 Å². The molecular formula is C15H24N2. The maximum atomic E-state index is 3.63. The lowest BCUT2D eigenvalue weighted by atomic mass is 9.86. The molecule has 0 spiro atoms. The van der Waals surface area contributed by atoms with Crippen LogP contribution in [-0.4, -0.2) is 19.1 Å². The first-order valence-electron chi connectivity index (χ1n) is 6.55. The third kappa shape index (κ3) is 3.01. The Morgan fingerprint density at radius 1 is 1.29 bits per heavy atom. The molecule has 0 aliphatic carbocycles. The largest absolute Gasteiger partial charge is 0.381 e. The van der Waals surface area contributed by atoms with Crippen molar-refractivity contribution in [2.75, 3.05) is 18.4 Å². The van der Waals surface area contributed by atoms with Crippen LogP contribution in [0, 0.1) is 6.92 Å². The van der Waals surface area contributed by atoms with Crippen molar-refractivity contribution in [3.05, 3.63) is 29.3 Å². The van der Waals surface area contributed by atoms with Crippen molar-refractivity contribution in [3.63, 3.8) is 0 Å². The van der Waals surface area contributed by atoms with Gasteiger partial charge in [-0.25, -0.2) is 0 Å². The molecule has 0 bridgehead atoms. The molecule has 1 atom stereocenters. The predicted molar refractivity (Wildman–Crippen MR) is 74.8 cm³/mol. The van der Waals surface area contributed by atoms with E-state index in [0.29, 0.717) is 6.04 Å². The molecule has 2 rings (SSSR count). The molecule has 1 unspecified atom stereocenters. The Kier molecular flexibility index (Phi) is 3.43. The zero-order chi connectivity index (χ0) is 12.5. The van der Waals surface area contributed by atoms with E-state index in [2.05, 4.69) is 56.5 Å². The highest BCUT2D eigenvalue weighted by atomic mass is 15.0. The van der Waals surface area contributed by atoms with Crippen molar-refractivity contribution >= 4 is 5.69 Å². The van der Waals surface area contributed by atoms with Crippen molar-refractivity contribution in [3.8, 4) is 0 Å². The van der Waals surface area contributed by atoms with Crippen LogP contribution in [0.25, 0.3) is 0 Å². The van der Waals surface area contributed by atoms with Crippen LogP contribution < -0.4 is 10.6 Å². The van der Waals surface area contributed by atoms with Crippen LogP contribution in [0.1, 0.15) is 38.3 Å². The Hall–Kier alpha value is -1.02. The third-order valence-corrected chi connectivity index (χ3v) is 3.51. The van der Waals surface area contributed by atoms with Crippen molar-refractivity contribution in [1.29, 1.82) is 0 Å². The monoisotopic (exact) mass is 232 g/mol. The molecule has 0 aromatic heterocycles. The normalized spacial score (nSPS) is 20.6. The maximum Gasteiger partial charge on any atom is 0.0398 e. The highest BCUT2D eigenvalue weighted by Crippen LogP contribution is 2.26. The molecule has 17 heavy (non-hydrogen) atoms. The van der Waals surface area contributed by atoms with Gasteiger partial charge in [-0.2, -0.15) is 0 Å². The van der Waals surface area contributed by atoms with E-state index in [4.69, 9.17) is 0 Å². The van der Waals surface area contributed by atoms with Crippen LogP contribution in [0.2, 0.25) is 0 Å². The fraction of sp³-hybridized carbons (Fsp3) is 0.600. The zero-order valence-electron chi connectivity index (χ0n) is 11.4. The van der Waals surface area contributed by atoms with Gasteiger partial charge in [-0.3, -0.25) is 0 Å². The highest BCUT2D eigenvalue weighted by molar-refractivity contribution is 5.53. The standard InChI is InChI=1S/C15H24N2/c1-11-9-12(15(2,3)4)5-6-14(11)17-13-7-8-16-10-13/h5-6,9,13,16-17H,7-8,10H2,1-4H3. The van der Waals surface area contributed by atoms with Crippen molar-refractivity contribution in [2.24, 2.45) is 0 Å². The van der Waals surface area contributed by atoms with Gasteiger partial charge in [-0.05, 0) is 42.5 Å². The summed E-state index contributed by atoms with van der Waals surface area (Å²) in [6.07, 6.45) is 1.22. The molecule has 0 saturated carbocycles. The van der Waals surface area contributed by atoms with Crippen LogP contribution in [0.4, 0.5) is 5.69 Å². The predicted octanol–water partition coefficient (Wildman–Crippen LogP) is 3.07. The molecule has 94 valence electrons. The summed E-state index contributed by atoms with van der Waals surface area (Å²) in [5.41, 5.74) is 4.28. The van der Waals surface area contributed by atoms with E-state index < -0.39 is 0 Å². The number of hydrogen-bond donors (Lipinski definition) is 2. The van der Waals surface area contributed by atoms with E-state index in [1.807, 2.05) is 0 Å². The van der Waals surface area contributed by atoms with Crippen molar-refractivity contribution in [2.45, 2.75) is 45.6 Å². The first kappa shape index (κ1) is 12.4. The highest BCUT2D eigenvalue weighted by Gasteiger charge is 2.17. The van der Waals surface area contributed by atoms with Crippen LogP contribution in [0.5, 0.6) is 0 Å². The maximum absolute atomic E-state index is 3.63. The van der Waals surface area contributed by atoms with Gasteiger partial charge in [0.1, 0.15) is 0 Å². The summed E-state index contributed by atoms with van der Waals surface area (Å²) in [4.78, 5) is 0. The summed E-state index contributed by atoms with van der Waals surface area (Å²) >= 11 is 0. The van der Waals surface area contributed by atoms with Gasteiger partial charge in [0, 0.05) is 18.3 Å². The first-order valence-corrected chi connectivity index (χ1v) is 6.55. The number of rotatable bonds is 2. The number of aryl methyl sites for hydroxylation is 1. The molecule has 1 aromatic rings. The number of hydrogen-bond acceptors (Lipinski definition) is 2. The third-order valence-electron chi connectivity index (χ3n) is 3.51. The summed E-state index contributed by atoms with van der Waals surface area (Å²) in [6, 6.07) is 7.38. The first-order chi connectivity index (χ1) is 7.97. The molecule has 1 aromatic carbocycles. The molecule has 1 saturated heterocycles. The lowest BCUT2D eigenvalue weighted by Crippen LogP contribution is -2.22. The second-order valence-corrected chi connectivity index (χ2v) is 6.11. The van der Waals surface area contributed by atoms with Gasteiger partial charge >= 0.3 is 0 Å². The van der Waals surface area contributed by atoms with E-state index in [0.717, 1.165) is 13.1 Å². The lowest BCUT2D eigenvalue weighted by molar-refractivity contribution is 0.590. The van der Waals surface area contributed by atoms with E-state index in [9.17, 15) is 0 Å². The van der Waals surface area contributed by atoms with Gasteiger partial charge in [-0.15, -0.1) is 0 Å². The van der Waals surface area contributed by atoms with Crippen LogP contribution in [-0.2, 0) is 5.41 Å². The molecule has 2 N–H and O–H groups in total. The second-order valence-electron chi connectivity index (χ2n) is 6.11. The minimum absolute atomic E-state index is 0.234. The molecule has 1 fully saturated rings. The summed E-state index contributed by atoms with van der Waals surface area (Å²) in [5.74, 6) is 0. The Bertz CT molecular complexity index is 384. The van der Waals surface area contributed by atoms with Gasteiger partial charge in [0.05, 0.1) is 0 Å². The molecule has 0 amide bonds. The number of benzene rings is 1. The SMILES string of the molecule is Cc1cc(C(C)(C)C)ccc1NC1CCNC1. The minimum atomic E-state index is 0.234. The van der Waals surface area contributed by atoms with Gasteiger partial charge < -0.3 is 10.6 Å². The minimum Gasteiger partial charge on any atom is -0.381 e. The van der Waals surface area contributed by atoms with E-state index >= 15 is 0 Å². The van der Waals surface area contributed by atoms with Crippen molar-refractivity contribution < 1.29 is 0 Å². The molecule has 2 heteroatoms. The Labute approximate surface area is 105 Å². The summed E-state index contributed by atoms with van der Waals surface area (Å²) in [7, 11) is 0. The summed E-state index contributed by atoms with van der Waals surface area (Å²) < 4.78 is 0. The van der Waals surface area contributed by atoms with Gasteiger partial charge in [0.15, 0.2) is 0 Å². The molecular weight excluding hydrogens is 208 g/mol. The van der Waals surface area contributed by atoms with Crippen LogP contribution in [0.15, 0.2) is 18.2 Å². The van der Waals surface area contributed by atoms with Crippen molar-refractivity contribution in [1.82, 2.24) is 5.32 Å². The average Bonchev–Trinajstić information content (AvgIpc) is 2.72. The zero-order valence-corrected chi connectivity index (χ0v) is 11.4.